The summed E-state index contributed by atoms with van der Waals surface area (Å²) in [4.78, 5) is 16.8. The van der Waals surface area contributed by atoms with Gasteiger partial charge in [0.2, 0.25) is 5.91 Å². The van der Waals surface area contributed by atoms with Crippen molar-refractivity contribution in [2.24, 2.45) is 0 Å². The number of nitrogens with zero attached hydrogens (tertiary/aromatic N) is 2. The summed E-state index contributed by atoms with van der Waals surface area (Å²) >= 11 is 0. The normalized spacial score (nSPS) is 10.6. The number of carbonyl (C=O) groups is 1. The van der Waals surface area contributed by atoms with Crippen molar-refractivity contribution in [3.05, 3.63) is 103 Å². The van der Waals surface area contributed by atoms with Gasteiger partial charge in [0.1, 0.15) is 5.82 Å². The largest absolute Gasteiger partial charge is 0.441 e. The maximum Gasteiger partial charge on any atom is 0.239 e. The fourth-order valence-corrected chi connectivity index (χ4v) is 3.04. The van der Waals surface area contributed by atoms with Crippen LogP contribution in [0.5, 0.6) is 0 Å². The standard InChI is InChI=1S/C24H20FN3O2/c25-21-14-8-7-13-20(21)22-17-26-24(30-22)16-15-23(29)27-28(18-9-3-1-4-10-18)19-11-5-2-6-12-19/h1-14,17H,15-16H2,(H,27,29). The molecule has 6 heteroatoms. The Morgan fingerprint density at radius 1 is 0.900 bits per heavy atom. The van der Waals surface area contributed by atoms with E-state index in [0.29, 0.717) is 23.6 Å². The number of aryl methyl sites for hydroxylation is 1. The van der Waals surface area contributed by atoms with Crippen molar-refractivity contribution in [1.29, 1.82) is 0 Å². The third-order valence-corrected chi connectivity index (χ3v) is 4.52. The van der Waals surface area contributed by atoms with Crippen LogP contribution in [0.1, 0.15) is 12.3 Å². The summed E-state index contributed by atoms with van der Waals surface area (Å²) in [5, 5.41) is 1.74. The number of para-hydroxylation sites is 2. The highest BCUT2D eigenvalue weighted by molar-refractivity contribution is 5.80. The van der Waals surface area contributed by atoms with Gasteiger partial charge in [0, 0.05) is 12.8 Å². The minimum atomic E-state index is -0.376. The SMILES string of the molecule is O=C(CCc1ncc(-c2ccccc2F)o1)NN(c1ccccc1)c1ccccc1. The summed E-state index contributed by atoms with van der Waals surface area (Å²) in [6.07, 6.45) is 1.96. The van der Waals surface area contributed by atoms with Crippen LogP contribution in [0.3, 0.4) is 0 Å². The van der Waals surface area contributed by atoms with Crippen molar-refractivity contribution in [3.63, 3.8) is 0 Å². The monoisotopic (exact) mass is 401 g/mol. The second-order valence-electron chi connectivity index (χ2n) is 6.64. The van der Waals surface area contributed by atoms with Crippen molar-refractivity contribution >= 4 is 17.3 Å². The molecule has 150 valence electrons. The number of nitrogens with one attached hydrogen (secondary N) is 1. The Hall–Kier alpha value is -3.93. The number of aromatic nitrogens is 1. The molecule has 0 atom stereocenters. The highest BCUT2D eigenvalue weighted by Crippen LogP contribution is 2.24. The van der Waals surface area contributed by atoms with E-state index in [-0.39, 0.29) is 18.1 Å². The van der Waals surface area contributed by atoms with Gasteiger partial charge in [-0.1, -0.05) is 48.5 Å². The molecule has 0 saturated carbocycles. The fraction of sp³-hybridized carbons (Fsp3) is 0.0833. The van der Waals surface area contributed by atoms with E-state index in [2.05, 4.69) is 10.4 Å². The Morgan fingerprint density at radius 3 is 2.13 bits per heavy atom. The number of hydrogen-bond acceptors (Lipinski definition) is 4. The van der Waals surface area contributed by atoms with Gasteiger partial charge in [0.25, 0.3) is 0 Å². The Kier molecular flexibility index (Phi) is 5.85. The maximum absolute atomic E-state index is 13.9. The minimum absolute atomic E-state index is 0.174. The number of amides is 1. The molecule has 3 aromatic carbocycles. The van der Waals surface area contributed by atoms with E-state index in [9.17, 15) is 9.18 Å². The molecule has 5 nitrogen and oxygen atoms in total. The van der Waals surface area contributed by atoms with Gasteiger partial charge in [-0.25, -0.2) is 9.37 Å². The molecule has 0 bridgehead atoms. The van der Waals surface area contributed by atoms with Gasteiger partial charge in [-0.15, -0.1) is 0 Å². The molecule has 0 unspecified atom stereocenters. The lowest BCUT2D eigenvalue weighted by Crippen LogP contribution is -2.39. The first-order chi connectivity index (χ1) is 14.7. The molecule has 1 heterocycles. The van der Waals surface area contributed by atoms with Gasteiger partial charge in [0.05, 0.1) is 23.1 Å². The Morgan fingerprint density at radius 2 is 1.50 bits per heavy atom. The van der Waals surface area contributed by atoms with Gasteiger partial charge >= 0.3 is 0 Å². The van der Waals surface area contributed by atoms with Crippen LogP contribution in [0.2, 0.25) is 0 Å². The number of hydrazine groups is 1. The lowest BCUT2D eigenvalue weighted by molar-refractivity contribution is -0.121. The highest BCUT2D eigenvalue weighted by Gasteiger charge is 2.15. The summed E-state index contributed by atoms with van der Waals surface area (Å²) in [6.45, 7) is 0. The van der Waals surface area contributed by atoms with Gasteiger partial charge < -0.3 is 4.42 Å². The van der Waals surface area contributed by atoms with Crippen LogP contribution in [-0.2, 0) is 11.2 Å². The second-order valence-corrected chi connectivity index (χ2v) is 6.64. The van der Waals surface area contributed by atoms with Crippen molar-refractivity contribution in [2.45, 2.75) is 12.8 Å². The van der Waals surface area contributed by atoms with E-state index in [4.69, 9.17) is 4.42 Å². The lowest BCUT2D eigenvalue weighted by Gasteiger charge is -2.25. The molecule has 1 N–H and O–H groups in total. The minimum Gasteiger partial charge on any atom is -0.441 e. The predicted molar refractivity (Wildman–Crippen MR) is 113 cm³/mol. The molecule has 1 amide bonds. The molecule has 4 rings (SSSR count). The summed E-state index contributed by atoms with van der Waals surface area (Å²) in [5.74, 6) is 0.167. The van der Waals surface area contributed by atoms with Gasteiger partial charge in [-0.3, -0.25) is 15.2 Å². The number of benzene rings is 3. The van der Waals surface area contributed by atoms with Crippen molar-refractivity contribution in [1.82, 2.24) is 10.4 Å². The summed E-state index contributed by atoms with van der Waals surface area (Å²) in [5.41, 5.74) is 4.96. The first kappa shape index (κ1) is 19.4. The van der Waals surface area contributed by atoms with Crippen LogP contribution in [-0.4, -0.2) is 10.9 Å². The molecule has 0 aliphatic heterocycles. The summed E-state index contributed by atoms with van der Waals surface area (Å²) in [7, 11) is 0. The van der Waals surface area contributed by atoms with E-state index in [1.54, 1.807) is 23.2 Å². The number of anilines is 2. The molecule has 0 spiro atoms. The van der Waals surface area contributed by atoms with Crippen LogP contribution in [0.4, 0.5) is 15.8 Å². The molecular formula is C24H20FN3O2. The maximum atomic E-state index is 13.9. The highest BCUT2D eigenvalue weighted by atomic mass is 19.1. The van der Waals surface area contributed by atoms with E-state index in [1.807, 2.05) is 60.7 Å². The molecule has 4 aromatic rings. The molecule has 0 aliphatic rings. The second kappa shape index (κ2) is 9.05. The van der Waals surface area contributed by atoms with Crippen molar-refractivity contribution < 1.29 is 13.6 Å². The molecule has 0 saturated heterocycles. The summed E-state index contributed by atoms with van der Waals surface area (Å²) in [6, 6.07) is 25.5. The van der Waals surface area contributed by atoms with Crippen LogP contribution in [0.15, 0.2) is 95.5 Å². The molecule has 30 heavy (non-hydrogen) atoms. The smallest absolute Gasteiger partial charge is 0.239 e. The Labute approximate surface area is 173 Å². The third-order valence-electron chi connectivity index (χ3n) is 4.52. The van der Waals surface area contributed by atoms with Gasteiger partial charge in [-0.05, 0) is 36.4 Å². The molecule has 0 aliphatic carbocycles. The average molecular weight is 401 g/mol. The average Bonchev–Trinajstić information content (AvgIpc) is 3.26. The lowest BCUT2D eigenvalue weighted by atomic mass is 10.2. The number of rotatable bonds is 7. The quantitative estimate of drug-likeness (QED) is 0.428. The number of halogens is 1. The zero-order chi connectivity index (χ0) is 20.8. The van der Waals surface area contributed by atoms with Crippen molar-refractivity contribution in [3.8, 4) is 11.3 Å². The van der Waals surface area contributed by atoms with Gasteiger partial charge in [0.15, 0.2) is 11.7 Å². The Balaban J connectivity index is 1.43. The third kappa shape index (κ3) is 4.55. The Bertz CT molecular complexity index is 1070. The first-order valence-corrected chi connectivity index (χ1v) is 9.60. The first-order valence-electron chi connectivity index (χ1n) is 9.60. The predicted octanol–water partition coefficient (Wildman–Crippen LogP) is 5.28. The van der Waals surface area contributed by atoms with Crippen LogP contribution in [0, 0.1) is 5.82 Å². The van der Waals surface area contributed by atoms with Crippen molar-refractivity contribution in [2.75, 3.05) is 5.01 Å². The molecule has 1 aromatic heterocycles. The molecule has 0 fully saturated rings. The molecule has 0 radical (unpaired) electrons. The van der Waals surface area contributed by atoms with Crippen LogP contribution < -0.4 is 10.4 Å². The topological polar surface area (TPSA) is 58.4 Å². The van der Waals surface area contributed by atoms with Crippen LogP contribution in [0.25, 0.3) is 11.3 Å². The summed E-state index contributed by atoms with van der Waals surface area (Å²) < 4.78 is 19.5. The number of oxazole rings is 1. The zero-order valence-corrected chi connectivity index (χ0v) is 16.2. The number of carbonyl (C=O) groups excluding carboxylic acids is 1. The molecular weight excluding hydrogens is 381 g/mol. The van der Waals surface area contributed by atoms with E-state index in [1.165, 1.54) is 12.3 Å². The van der Waals surface area contributed by atoms with E-state index < -0.39 is 0 Å². The van der Waals surface area contributed by atoms with E-state index >= 15 is 0 Å². The van der Waals surface area contributed by atoms with Crippen LogP contribution >= 0.6 is 0 Å². The van der Waals surface area contributed by atoms with Gasteiger partial charge in [-0.2, -0.15) is 0 Å². The number of hydrogen-bond donors (Lipinski definition) is 1. The zero-order valence-electron chi connectivity index (χ0n) is 16.2. The van der Waals surface area contributed by atoms with E-state index in [0.717, 1.165) is 11.4 Å². The fourth-order valence-electron chi connectivity index (χ4n) is 3.04.